The standard InChI is InChI=1S/C17H21FN2O2/c18-14-4-1-3-13(11-14)17(6-9-22-10-7-17)12-20-16(21)15-5-2-8-19-15/h1-5,11,15,19H,6-10,12H2,(H,20,21)/t15-/m0/s1. The molecule has 2 N–H and O–H groups in total. The molecule has 1 fully saturated rings. The molecular formula is C17H21FN2O2. The Balaban J connectivity index is 1.74. The van der Waals surface area contributed by atoms with Gasteiger partial charge >= 0.3 is 0 Å². The van der Waals surface area contributed by atoms with E-state index in [9.17, 15) is 9.18 Å². The third-order valence-corrected chi connectivity index (χ3v) is 4.55. The van der Waals surface area contributed by atoms with Gasteiger partial charge in [0.15, 0.2) is 0 Å². The summed E-state index contributed by atoms with van der Waals surface area (Å²) in [7, 11) is 0. The lowest BCUT2D eigenvalue weighted by Gasteiger charge is -2.38. The van der Waals surface area contributed by atoms with Crippen molar-refractivity contribution in [2.24, 2.45) is 0 Å². The minimum absolute atomic E-state index is 0.0315. The molecule has 0 spiro atoms. The Morgan fingerprint density at radius 1 is 1.41 bits per heavy atom. The Kier molecular flexibility index (Phi) is 4.55. The van der Waals surface area contributed by atoms with Crippen molar-refractivity contribution in [1.29, 1.82) is 0 Å². The zero-order chi connectivity index (χ0) is 15.4. The van der Waals surface area contributed by atoms with Crippen LogP contribution in [0.4, 0.5) is 4.39 Å². The van der Waals surface area contributed by atoms with E-state index in [0.29, 0.717) is 19.8 Å². The number of hydrogen-bond acceptors (Lipinski definition) is 3. The van der Waals surface area contributed by atoms with Gasteiger partial charge in [0.25, 0.3) is 0 Å². The van der Waals surface area contributed by atoms with Crippen molar-refractivity contribution in [1.82, 2.24) is 10.6 Å². The molecule has 118 valence electrons. The number of amides is 1. The first-order valence-corrected chi connectivity index (χ1v) is 7.71. The summed E-state index contributed by atoms with van der Waals surface area (Å²) in [6.45, 7) is 2.49. The van der Waals surface area contributed by atoms with Crippen molar-refractivity contribution in [3.8, 4) is 0 Å². The molecule has 2 heterocycles. The average Bonchev–Trinajstić information content (AvgIpc) is 3.08. The Morgan fingerprint density at radius 2 is 2.23 bits per heavy atom. The van der Waals surface area contributed by atoms with Gasteiger partial charge in [-0.15, -0.1) is 0 Å². The van der Waals surface area contributed by atoms with Crippen LogP contribution in [0.15, 0.2) is 36.4 Å². The first-order valence-electron chi connectivity index (χ1n) is 7.71. The van der Waals surface area contributed by atoms with Crippen LogP contribution in [0.2, 0.25) is 0 Å². The average molecular weight is 304 g/mol. The van der Waals surface area contributed by atoms with Gasteiger partial charge in [0.05, 0.1) is 0 Å². The number of nitrogens with one attached hydrogen (secondary N) is 2. The summed E-state index contributed by atoms with van der Waals surface area (Å²) in [5.74, 6) is -0.272. The van der Waals surface area contributed by atoms with Crippen molar-refractivity contribution < 1.29 is 13.9 Å². The maximum Gasteiger partial charge on any atom is 0.241 e. The van der Waals surface area contributed by atoms with Gasteiger partial charge in [-0.1, -0.05) is 24.3 Å². The van der Waals surface area contributed by atoms with Crippen molar-refractivity contribution in [3.63, 3.8) is 0 Å². The molecule has 1 saturated heterocycles. The largest absolute Gasteiger partial charge is 0.381 e. The second kappa shape index (κ2) is 6.58. The zero-order valence-corrected chi connectivity index (χ0v) is 12.5. The fourth-order valence-electron chi connectivity index (χ4n) is 3.16. The number of benzene rings is 1. The molecule has 0 saturated carbocycles. The van der Waals surface area contributed by atoms with Crippen molar-refractivity contribution in [3.05, 3.63) is 47.8 Å². The number of halogens is 1. The summed E-state index contributed by atoms with van der Waals surface area (Å²) in [5.41, 5.74) is 0.684. The molecule has 0 aliphatic carbocycles. The molecule has 0 unspecified atom stereocenters. The normalized spacial score (nSPS) is 23.4. The maximum atomic E-state index is 13.6. The lowest BCUT2D eigenvalue weighted by Crippen LogP contribution is -2.48. The highest BCUT2D eigenvalue weighted by atomic mass is 19.1. The highest BCUT2D eigenvalue weighted by Crippen LogP contribution is 2.34. The molecule has 0 bridgehead atoms. The summed E-state index contributed by atoms with van der Waals surface area (Å²) in [4.78, 5) is 12.2. The quantitative estimate of drug-likeness (QED) is 0.829. The van der Waals surface area contributed by atoms with Gasteiger partial charge in [0.1, 0.15) is 11.9 Å². The van der Waals surface area contributed by atoms with Crippen LogP contribution in [-0.2, 0) is 14.9 Å². The van der Waals surface area contributed by atoms with E-state index >= 15 is 0 Å². The third-order valence-electron chi connectivity index (χ3n) is 4.55. The van der Waals surface area contributed by atoms with Crippen LogP contribution in [-0.4, -0.2) is 38.3 Å². The first-order chi connectivity index (χ1) is 10.7. The molecule has 0 aromatic heterocycles. The monoisotopic (exact) mass is 304 g/mol. The second-order valence-electron chi connectivity index (χ2n) is 5.93. The Hall–Kier alpha value is -1.72. The molecule has 1 atom stereocenters. The molecule has 2 aliphatic heterocycles. The van der Waals surface area contributed by atoms with E-state index in [-0.39, 0.29) is 23.2 Å². The molecule has 1 aromatic carbocycles. The van der Waals surface area contributed by atoms with E-state index in [2.05, 4.69) is 10.6 Å². The van der Waals surface area contributed by atoms with Gasteiger partial charge in [-0.3, -0.25) is 10.1 Å². The fraction of sp³-hybridized carbons (Fsp3) is 0.471. The maximum absolute atomic E-state index is 13.6. The summed E-state index contributed by atoms with van der Waals surface area (Å²) < 4.78 is 19.1. The number of rotatable bonds is 4. The van der Waals surface area contributed by atoms with E-state index in [1.165, 1.54) is 6.07 Å². The highest BCUT2D eigenvalue weighted by molar-refractivity contribution is 5.84. The van der Waals surface area contributed by atoms with Gasteiger partial charge in [-0.25, -0.2) is 4.39 Å². The summed E-state index contributed by atoms with van der Waals surface area (Å²) in [5, 5.41) is 6.12. The molecule has 4 nitrogen and oxygen atoms in total. The summed E-state index contributed by atoms with van der Waals surface area (Å²) in [6.07, 6.45) is 5.38. The molecule has 1 aromatic rings. The Bertz CT molecular complexity index is 568. The topological polar surface area (TPSA) is 50.4 Å². The van der Waals surface area contributed by atoms with Crippen molar-refractivity contribution >= 4 is 5.91 Å². The number of ether oxygens (including phenoxy) is 1. The predicted octanol–water partition coefficient (Wildman–Crippen LogP) is 1.52. The van der Waals surface area contributed by atoms with Crippen LogP contribution in [0.1, 0.15) is 18.4 Å². The first kappa shape index (κ1) is 15.2. The Labute approximate surface area is 129 Å². The van der Waals surface area contributed by atoms with Gasteiger partial charge in [-0.05, 0) is 30.5 Å². The van der Waals surface area contributed by atoms with Gasteiger partial charge < -0.3 is 10.1 Å². The van der Waals surface area contributed by atoms with Crippen LogP contribution in [0, 0.1) is 5.82 Å². The van der Waals surface area contributed by atoms with Gasteiger partial charge in [0, 0.05) is 31.7 Å². The number of carbonyl (C=O) groups is 1. The minimum atomic E-state index is -0.260. The van der Waals surface area contributed by atoms with Crippen LogP contribution < -0.4 is 10.6 Å². The molecule has 5 heteroatoms. The molecule has 0 radical (unpaired) electrons. The van der Waals surface area contributed by atoms with E-state index in [4.69, 9.17) is 4.74 Å². The van der Waals surface area contributed by atoms with Crippen molar-refractivity contribution in [2.75, 3.05) is 26.3 Å². The minimum Gasteiger partial charge on any atom is -0.381 e. The van der Waals surface area contributed by atoms with E-state index < -0.39 is 0 Å². The number of hydrogen-bond donors (Lipinski definition) is 2. The third kappa shape index (κ3) is 3.20. The lowest BCUT2D eigenvalue weighted by molar-refractivity contribution is -0.122. The molecule has 1 amide bonds. The van der Waals surface area contributed by atoms with E-state index in [1.807, 2.05) is 18.2 Å². The van der Waals surface area contributed by atoms with Crippen LogP contribution in [0.5, 0.6) is 0 Å². The zero-order valence-electron chi connectivity index (χ0n) is 12.5. The van der Waals surface area contributed by atoms with E-state index in [0.717, 1.165) is 24.9 Å². The summed E-state index contributed by atoms with van der Waals surface area (Å²) in [6, 6.07) is 6.43. The molecule has 22 heavy (non-hydrogen) atoms. The second-order valence-corrected chi connectivity index (χ2v) is 5.93. The van der Waals surface area contributed by atoms with Crippen LogP contribution in [0.25, 0.3) is 0 Å². The fourth-order valence-corrected chi connectivity index (χ4v) is 3.16. The van der Waals surface area contributed by atoms with Crippen molar-refractivity contribution in [2.45, 2.75) is 24.3 Å². The van der Waals surface area contributed by atoms with Crippen LogP contribution >= 0.6 is 0 Å². The van der Waals surface area contributed by atoms with E-state index in [1.54, 1.807) is 12.1 Å². The lowest BCUT2D eigenvalue weighted by atomic mass is 9.74. The van der Waals surface area contributed by atoms with Gasteiger partial charge in [0.2, 0.25) is 5.91 Å². The summed E-state index contributed by atoms with van der Waals surface area (Å²) >= 11 is 0. The number of carbonyl (C=O) groups excluding carboxylic acids is 1. The Morgan fingerprint density at radius 3 is 2.91 bits per heavy atom. The molecule has 3 rings (SSSR count). The molecular weight excluding hydrogens is 283 g/mol. The van der Waals surface area contributed by atoms with Gasteiger partial charge in [-0.2, -0.15) is 0 Å². The predicted molar refractivity (Wildman–Crippen MR) is 82.1 cm³/mol. The highest BCUT2D eigenvalue weighted by Gasteiger charge is 2.35. The SMILES string of the molecule is O=C(NCC1(c2cccc(F)c2)CCOCC1)[C@@H]1C=CCN1. The molecule has 2 aliphatic rings. The van der Waals surface area contributed by atoms with Crippen LogP contribution in [0.3, 0.4) is 0 Å². The smallest absolute Gasteiger partial charge is 0.241 e.